The summed E-state index contributed by atoms with van der Waals surface area (Å²) < 4.78 is 0. The fraction of sp³-hybridized carbons (Fsp3) is 0.562. The summed E-state index contributed by atoms with van der Waals surface area (Å²) in [5.41, 5.74) is 8.72. The Morgan fingerprint density at radius 2 is 2.15 bits per heavy atom. The highest BCUT2D eigenvalue weighted by Crippen LogP contribution is 2.29. The van der Waals surface area contributed by atoms with Crippen molar-refractivity contribution in [1.82, 2.24) is 10.2 Å². The van der Waals surface area contributed by atoms with Gasteiger partial charge in [-0.15, -0.1) is 0 Å². The molecule has 1 heterocycles. The molecule has 20 heavy (non-hydrogen) atoms. The predicted octanol–water partition coefficient (Wildman–Crippen LogP) is 1.59. The van der Waals surface area contributed by atoms with Gasteiger partial charge in [0.25, 0.3) is 0 Å². The lowest BCUT2D eigenvalue weighted by molar-refractivity contribution is -0.130. The van der Waals surface area contributed by atoms with Gasteiger partial charge in [0.2, 0.25) is 5.91 Å². The van der Waals surface area contributed by atoms with Crippen molar-refractivity contribution < 1.29 is 4.79 Å². The number of aryl methyl sites for hydroxylation is 1. The van der Waals surface area contributed by atoms with Gasteiger partial charge in [-0.3, -0.25) is 9.69 Å². The van der Waals surface area contributed by atoms with Crippen molar-refractivity contribution in [1.29, 1.82) is 0 Å². The molecule has 1 aromatic carbocycles. The van der Waals surface area contributed by atoms with Crippen LogP contribution in [0.1, 0.15) is 37.4 Å². The molecule has 0 aromatic heterocycles. The van der Waals surface area contributed by atoms with E-state index in [0.717, 1.165) is 13.0 Å². The van der Waals surface area contributed by atoms with Gasteiger partial charge in [0.05, 0.1) is 12.1 Å². The minimum absolute atomic E-state index is 0.0175. The normalized spacial score (nSPS) is 23.2. The fourth-order valence-electron chi connectivity index (χ4n) is 3.17. The summed E-state index contributed by atoms with van der Waals surface area (Å²) in [6.07, 6.45) is 0.806. The molecule has 1 aliphatic heterocycles. The SMILES string of the molecule is CCC1C(=O)NCCN1C(c1ccccc1C)C(C)N. The van der Waals surface area contributed by atoms with Gasteiger partial charge in [0.1, 0.15) is 0 Å². The third-order valence-corrected chi connectivity index (χ3v) is 4.12. The molecule has 4 heteroatoms. The standard InChI is InChI=1S/C16H25N3O/c1-4-14-16(20)18-9-10-19(14)15(12(3)17)13-8-6-5-7-11(13)2/h5-8,12,14-15H,4,9-10,17H2,1-3H3,(H,18,20). The summed E-state index contributed by atoms with van der Waals surface area (Å²) >= 11 is 0. The monoisotopic (exact) mass is 275 g/mol. The zero-order valence-electron chi connectivity index (χ0n) is 12.6. The summed E-state index contributed by atoms with van der Waals surface area (Å²) in [6.45, 7) is 7.74. The first-order valence-electron chi connectivity index (χ1n) is 7.40. The van der Waals surface area contributed by atoms with Crippen LogP contribution >= 0.6 is 0 Å². The van der Waals surface area contributed by atoms with E-state index in [2.05, 4.69) is 36.2 Å². The highest BCUT2D eigenvalue weighted by atomic mass is 16.2. The van der Waals surface area contributed by atoms with Crippen LogP contribution in [0.4, 0.5) is 0 Å². The number of carbonyl (C=O) groups excluding carboxylic acids is 1. The molecule has 3 unspecified atom stereocenters. The first-order chi connectivity index (χ1) is 9.56. The van der Waals surface area contributed by atoms with Crippen LogP contribution in [0.15, 0.2) is 24.3 Å². The third kappa shape index (κ3) is 2.86. The number of piperazine rings is 1. The van der Waals surface area contributed by atoms with Crippen LogP contribution in [0, 0.1) is 6.92 Å². The molecule has 0 radical (unpaired) electrons. The van der Waals surface area contributed by atoms with E-state index in [1.54, 1.807) is 0 Å². The number of hydrogen-bond donors (Lipinski definition) is 2. The summed E-state index contributed by atoms with van der Waals surface area (Å²) in [5.74, 6) is 0.123. The van der Waals surface area contributed by atoms with E-state index in [9.17, 15) is 4.79 Å². The molecule has 1 saturated heterocycles. The average molecular weight is 275 g/mol. The number of rotatable bonds is 4. The van der Waals surface area contributed by atoms with Crippen LogP contribution in [0.3, 0.4) is 0 Å². The summed E-state index contributed by atoms with van der Waals surface area (Å²) in [6, 6.07) is 8.31. The van der Waals surface area contributed by atoms with Gasteiger partial charge in [-0.2, -0.15) is 0 Å². The van der Waals surface area contributed by atoms with Crippen LogP contribution in [0.2, 0.25) is 0 Å². The lowest BCUT2D eigenvalue weighted by Gasteiger charge is -2.42. The van der Waals surface area contributed by atoms with E-state index in [-0.39, 0.29) is 24.0 Å². The second-order valence-electron chi connectivity index (χ2n) is 5.61. The van der Waals surface area contributed by atoms with Crippen LogP contribution in [0.5, 0.6) is 0 Å². The summed E-state index contributed by atoms with van der Waals surface area (Å²) in [7, 11) is 0. The molecule has 1 amide bonds. The highest BCUT2D eigenvalue weighted by Gasteiger charge is 2.35. The Kier molecular flexibility index (Phi) is 4.78. The minimum atomic E-state index is -0.0839. The van der Waals surface area contributed by atoms with Crippen molar-refractivity contribution in [2.24, 2.45) is 5.73 Å². The van der Waals surface area contributed by atoms with E-state index in [0.29, 0.717) is 6.54 Å². The molecule has 0 aliphatic carbocycles. The molecule has 0 spiro atoms. The second-order valence-corrected chi connectivity index (χ2v) is 5.61. The van der Waals surface area contributed by atoms with Gasteiger partial charge in [-0.05, 0) is 31.4 Å². The molecule has 1 aliphatic rings. The molecule has 3 atom stereocenters. The Bertz CT molecular complexity index is 473. The van der Waals surface area contributed by atoms with Gasteiger partial charge < -0.3 is 11.1 Å². The van der Waals surface area contributed by atoms with E-state index in [1.165, 1.54) is 11.1 Å². The average Bonchev–Trinajstić information content (AvgIpc) is 2.41. The second kappa shape index (κ2) is 6.37. The Labute approximate surface area is 121 Å². The van der Waals surface area contributed by atoms with E-state index < -0.39 is 0 Å². The van der Waals surface area contributed by atoms with E-state index in [1.807, 2.05) is 19.1 Å². The van der Waals surface area contributed by atoms with Crippen molar-refractivity contribution in [3.05, 3.63) is 35.4 Å². The maximum atomic E-state index is 12.1. The number of nitrogens with zero attached hydrogens (tertiary/aromatic N) is 1. The van der Waals surface area contributed by atoms with E-state index >= 15 is 0 Å². The molecule has 1 aromatic rings. The molecule has 2 rings (SSSR count). The molecule has 1 fully saturated rings. The lowest BCUT2D eigenvalue weighted by atomic mass is 9.92. The number of hydrogen-bond acceptors (Lipinski definition) is 3. The van der Waals surface area contributed by atoms with Crippen molar-refractivity contribution in [2.75, 3.05) is 13.1 Å². The largest absolute Gasteiger partial charge is 0.353 e. The van der Waals surface area contributed by atoms with Crippen molar-refractivity contribution >= 4 is 5.91 Å². The van der Waals surface area contributed by atoms with Gasteiger partial charge >= 0.3 is 0 Å². The Balaban J connectivity index is 2.38. The van der Waals surface area contributed by atoms with Gasteiger partial charge in [-0.25, -0.2) is 0 Å². The zero-order chi connectivity index (χ0) is 14.7. The number of nitrogens with two attached hydrogens (primary N) is 1. The summed E-state index contributed by atoms with van der Waals surface area (Å²) in [5, 5.41) is 2.95. The van der Waals surface area contributed by atoms with Crippen molar-refractivity contribution in [2.45, 2.75) is 45.3 Å². The van der Waals surface area contributed by atoms with Gasteiger partial charge in [-0.1, -0.05) is 31.2 Å². The first-order valence-corrected chi connectivity index (χ1v) is 7.40. The smallest absolute Gasteiger partial charge is 0.237 e. The number of carbonyl (C=O) groups is 1. The van der Waals surface area contributed by atoms with Crippen LogP contribution < -0.4 is 11.1 Å². The molecule has 110 valence electrons. The highest BCUT2D eigenvalue weighted by molar-refractivity contribution is 5.82. The Hall–Kier alpha value is -1.39. The van der Waals surface area contributed by atoms with E-state index in [4.69, 9.17) is 5.73 Å². The molecule has 4 nitrogen and oxygen atoms in total. The molecule has 0 saturated carbocycles. The fourth-order valence-corrected chi connectivity index (χ4v) is 3.17. The van der Waals surface area contributed by atoms with Crippen LogP contribution in [0.25, 0.3) is 0 Å². The van der Waals surface area contributed by atoms with Gasteiger partial charge in [0.15, 0.2) is 0 Å². The summed E-state index contributed by atoms with van der Waals surface area (Å²) in [4.78, 5) is 14.4. The molecular formula is C16H25N3O. The maximum Gasteiger partial charge on any atom is 0.237 e. The number of nitrogens with one attached hydrogen (secondary N) is 1. The lowest BCUT2D eigenvalue weighted by Crippen LogP contribution is -2.58. The van der Waals surface area contributed by atoms with Gasteiger partial charge in [0, 0.05) is 19.1 Å². The Morgan fingerprint density at radius 1 is 1.45 bits per heavy atom. The third-order valence-electron chi connectivity index (χ3n) is 4.12. The topological polar surface area (TPSA) is 58.4 Å². The number of benzene rings is 1. The number of amides is 1. The molecule has 3 N–H and O–H groups in total. The van der Waals surface area contributed by atoms with Crippen molar-refractivity contribution in [3.8, 4) is 0 Å². The van der Waals surface area contributed by atoms with Crippen molar-refractivity contribution in [3.63, 3.8) is 0 Å². The maximum absolute atomic E-state index is 12.1. The van der Waals surface area contributed by atoms with Crippen LogP contribution in [-0.4, -0.2) is 36.0 Å². The van der Waals surface area contributed by atoms with Crippen LogP contribution in [-0.2, 0) is 4.79 Å². The predicted molar refractivity (Wildman–Crippen MR) is 81.4 cm³/mol. The minimum Gasteiger partial charge on any atom is -0.353 e. The first kappa shape index (κ1) is 15.0. The quantitative estimate of drug-likeness (QED) is 0.877. The molecular weight excluding hydrogens is 250 g/mol. The zero-order valence-corrected chi connectivity index (χ0v) is 12.6. The molecule has 0 bridgehead atoms. The Morgan fingerprint density at radius 3 is 2.75 bits per heavy atom.